The number of nitrogens with one attached hydrogen (secondary N) is 2. The number of hydrogen-bond donors (Lipinski definition) is 2. The average Bonchev–Trinajstić information content (AvgIpc) is 2.73. The third-order valence-electron chi connectivity index (χ3n) is 4.30. The second-order valence-electron chi connectivity index (χ2n) is 6.39. The summed E-state index contributed by atoms with van der Waals surface area (Å²) in [5.74, 6) is 0.268. The topological polar surface area (TPSA) is 66.9 Å². The molecule has 1 unspecified atom stereocenters. The number of amides is 1. The number of benzene rings is 2. The first-order chi connectivity index (χ1) is 13.2. The first-order valence-corrected chi connectivity index (χ1v) is 9.19. The summed E-state index contributed by atoms with van der Waals surface area (Å²) in [7, 11) is 0. The van der Waals surface area contributed by atoms with E-state index in [1.807, 2.05) is 55.5 Å². The number of nitrogens with zero attached hydrogens (tertiary/aromatic N) is 2. The molecule has 3 aromatic rings. The molecule has 1 atom stereocenters. The van der Waals surface area contributed by atoms with Crippen LogP contribution >= 0.6 is 0 Å². The van der Waals surface area contributed by atoms with Gasteiger partial charge in [0, 0.05) is 12.7 Å². The number of carbonyl (C=O) groups excluding carboxylic acids is 1. The zero-order valence-electron chi connectivity index (χ0n) is 15.4. The smallest absolute Gasteiger partial charge is 0.270 e. The molecule has 1 heterocycles. The highest BCUT2D eigenvalue weighted by molar-refractivity contribution is 5.92. The van der Waals surface area contributed by atoms with Crippen LogP contribution in [0, 0.1) is 0 Å². The van der Waals surface area contributed by atoms with Gasteiger partial charge >= 0.3 is 0 Å². The predicted molar refractivity (Wildman–Crippen MR) is 108 cm³/mol. The van der Waals surface area contributed by atoms with Crippen LogP contribution < -0.4 is 10.6 Å². The van der Waals surface area contributed by atoms with E-state index in [2.05, 4.69) is 32.7 Å². The fourth-order valence-electron chi connectivity index (χ4n) is 2.80. The van der Waals surface area contributed by atoms with Crippen molar-refractivity contribution in [3.63, 3.8) is 0 Å². The van der Waals surface area contributed by atoms with Crippen molar-refractivity contribution in [1.82, 2.24) is 15.3 Å². The summed E-state index contributed by atoms with van der Waals surface area (Å²) in [5, 5.41) is 6.16. The summed E-state index contributed by atoms with van der Waals surface area (Å²) in [6, 6.07) is 21.7. The van der Waals surface area contributed by atoms with Gasteiger partial charge in [-0.2, -0.15) is 0 Å². The van der Waals surface area contributed by atoms with Crippen LogP contribution in [-0.2, 0) is 6.42 Å². The summed E-state index contributed by atoms with van der Waals surface area (Å²) < 4.78 is 0. The molecule has 1 amide bonds. The highest BCUT2D eigenvalue weighted by atomic mass is 16.1. The summed E-state index contributed by atoms with van der Waals surface area (Å²) in [4.78, 5) is 21.0. The van der Waals surface area contributed by atoms with Crippen molar-refractivity contribution in [3.05, 3.63) is 89.7 Å². The van der Waals surface area contributed by atoms with Crippen LogP contribution in [-0.4, -0.2) is 22.4 Å². The molecule has 5 nitrogen and oxygen atoms in total. The van der Waals surface area contributed by atoms with Gasteiger partial charge in [0.1, 0.15) is 5.69 Å². The third kappa shape index (κ3) is 5.64. The van der Waals surface area contributed by atoms with Crippen LogP contribution in [0.2, 0.25) is 0 Å². The van der Waals surface area contributed by atoms with Gasteiger partial charge < -0.3 is 10.6 Å². The number of aromatic nitrogens is 2. The molecule has 27 heavy (non-hydrogen) atoms. The van der Waals surface area contributed by atoms with Crippen molar-refractivity contribution in [3.8, 4) is 0 Å². The van der Waals surface area contributed by atoms with E-state index in [-0.39, 0.29) is 11.9 Å². The van der Waals surface area contributed by atoms with Crippen molar-refractivity contribution < 1.29 is 4.79 Å². The molecular weight excluding hydrogens is 336 g/mol. The molecule has 0 spiro atoms. The lowest BCUT2D eigenvalue weighted by Crippen LogP contribution is -2.27. The molecule has 0 fully saturated rings. The second-order valence-corrected chi connectivity index (χ2v) is 6.39. The van der Waals surface area contributed by atoms with E-state index in [1.54, 1.807) is 12.3 Å². The largest absolute Gasteiger partial charge is 0.354 e. The molecule has 1 aromatic heterocycles. The van der Waals surface area contributed by atoms with Crippen molar-refractivity contribution in [2.75, 3.05) is 11.9 Å². The third-order valence-corrected chi connectivity index (χ3v) is 4.30. The molecule has 3 rings (SSSR count). The maximum Gasteiger partial charge on any atom is 0.270 e. The number of anilines is 1. The number of carbonyl (C=O) groups is 1. The Hall–Kier alpha value is -3.21. The van der Waals surface area contributed by atoms with Gasteiger partial charge in [-0.15, -0.1) is 0 Å². The van der Waals surface area contributed by atoms with Gasteiger partial charge in [-0.25, -0.2) is 9.97 Å². The zero-order chi connectivity index (χ0) is 18.9. The van der Waals surface area contributed by atoms with E-state index >= 15 is 0 Å². The van der Waals surface area contributed by atoms with Gasteiger partial charge in [0.25, 0.3) is 5.91 Å². The van der Waals surface area contributed by atoms with E-state index < -0.39 is 0 Å². The quantitative estimate of drug-likeness (QED) is 0.596. The maximum atomic E-state index is 12.5. The SMILES string of the molecule is CC(NC(=O)c1ccnc(NCCCc2ccccc2)n1)c1ccccc1. The lowest BCUT2D eigenvalue weighted by molar-refractivity contribution is 0.0935. The van der Waals surface area contributed by atoms with Crippen molar-refractivity contribution in [1.29, 1.82) is 0 Å². The average molecular weight is 360 g/mol. The van der Waals surface area contributed by atoms with Gasteiger partial charge in [-0.05, 0) is 37.0 Å². The van der Waals surface area contributed by atoms with Gasteiger partial charge in [0.2, 0.25) is 5.95 Å². The minimum atomic E-state index is -0.207. The fourth-order valence-corrected chi connectivity index (χ4v) is 2.80. The Labute approximate surface area is 159 Å². The Balaban J connectivity index is 1.51. The molecular formula is C22H24N4O. The lowest BCUT2D eigenvalue weighted by atomic mass is 10.1. The summed E-state index contributed by atoms with van der Waals surface area (Å²) in [5.41, 5.74) is 2.72. The molecule has 0 saturated carbocycles. The molecule has 5 heteroatoms. The monoisotopic (exact) mass is 360 g/mol. The molecule has 0 aliphatic heterocycles. The Kier molecular flexibility index (Phi) is 6.52. The maximum absolute atomic E-state index is 12.5. The van der Waals surface area contributed by atoms with E-state index in [1.165, 1.54) is 5.56 Å². The molecule has 138 valence electrons. The van der Waals surface area contributed by atoms with E-state index in [4.69, 9.17) is 0 Å². The Morgan fingerprint density at radius 2 is 1.70 bits per heavy atom. The minimum absolute atomic E-state index is 0.0871. The Morgan fingerprint density at radius 3 is 2.44 bits per heavy atom. The normalized spacial score (nSPS) is 11.6. The second kappa shape index (κ2) is 9.48. The Morgan fingerprint density at radius 1 is 1.00 bits per heavy atom. The van der Waals surface area contributed by atoms with Gasteiger partial charge in [0.05, 0.1) is 6.04 Å². The van der Waals surface area contributed by atoms with Crippen LogP contribution in [0.15, 0.2) is 72.9 Å². The first kappa shape index (κ1) is 18.6. The molecule has 2 aromatic carbocycles. The van der Waals surface area contributed by atoms with Crippen LogP contribution in [0.3, 0.4) is 0 Å². The minimum Gasteiger partial charge on any atom is -0.354 e. The van der Waals surface area contributed by atoms with Crippen LogP contribution in [0.5, 0.6) is 0 Å². The molecule has 0 saturated heterocycles. The lowest BCUT2D eigenvalue weighted by Gasteiger charge is -2.14. The van der Waals surface area contributed by atoms with Crippen molar-refractivity contribution in [2.24, 2.45) is 0 Å². The molecule has 0 bridgehead atoms. The van der Waals surface area contributed by atoms with E-state index in [0.29, 0.717) is 11.6 Å². The van der Waals surface area contributed by atoms with Gasteiger partial charge in [-0.1, -0.05) is 60.7 Å². The van der Waals surface area contributed by atoms with Crippen LogP contribution in [0.4, 0.5) is 5.95 Å². The molecule has 0 aliphatic rings. The van der Waals surface area contributed by atoms with Gasteiger partial charge in [0.15, 0.2) is 0 Å². The fraction of sp³-hybridized carbons (Fsp3) is 0.227. The zero-order valence-corrected chi connectivity index (χ0v) is 15.4. The Bertz CT molecular complexity index is 852. The highest BCUT2D eigenvalue weighted by Gasteiger charge is 2.13. The summed E-state index contributed by atoms with van der Waals surface area (Å²) in [6.07, 6.45) is 3.56. The molecule has 2 N–H and O–H groups in total. The number of rotatable bonds is 8. The van der Waals surface area contributed by atoms with Crippen molar-refractivity contribution in [2.45, 2.75) is 25.8 Å². The summed E-state index contributed by atoms with van der Waals surface area (Å²) in [6.45, 7) is 2.71. The number of hydrogen-bond acceptors (Lipinski definition) is 4. The number of aryl methyl sites for hydroxylation is 1. The van der Waals surface area contributed by atoms with E-state index in [0.717, 1.165) is 24.9 Å². The standard InChI is InChI=1S/C22H24N4O/c1-17(19-12-6-3-7-13-19)25-21(27)20-14-16-24-22(26-20)23-15-8-11-18-9-4-2-5-10-18/h2-7,9-10,12-14,16-17H,8,11,15H2,1H3,(H,25,27)(H,23,24,26). The van der Waals surface area contributed by atoms with Crippen molar-refractivity contribution >= 4 is 11.9 Å². The van der Waals surface area contributed by atoms with Gasteiger partial charge in [-0.3, -0.25) is 4.79 Å². The first-order valence-electron chi connectivity index (χ1n) is 9.19. The van der Waals surface area contributed by atoms with E-state index in [9.17, 15) is 4.79 Å². The molecule has 0 radical (unpaired) electrons. The van der Waals surface area contributed by atoms with Crippen LogP contribution in [0.1, 0.15) is 41.0 Å². The highest BCUT2D eigenvalue weighted by Crippen LogP contribution is 2.12. The molecule has 0 aliphatic carbocycles. The predicted octanol–water partition coefficient (Wildman–Crippen LogP) is 4.01. The van der Waals surface area contributed by atoms with Crippen LogP contribution in [0.25, 0.3) is 0 Å². The summed E-state index contributed by atoms with van der Waals surface area (Å²) >= 11 is 0.